The molecule has 0 aromatic rings. The Balaban J connectivity index is 1.59. The number of halogens is 2. The Kier molecular flexibility index (Phi) is 5.37. The first-order valence-corrected chi connectivity index (χ1v) is 12.6. The van der Waals surface area contributed by atoms with Gasteiger partial charge in [0.1, 0.15) is 12.0 Å². The molecule has 0 saturated heterocycles. The largest absolute Gasteiger partial charge is 0.449 e. The van der Waals surface area contributed by atoms with Crippen LogP contribution >= 0.6 is 12.6 Å². The third-order valence-corrected chi connectivity index (χ3v) is 10.4. The van der Waals surface area contributed by atoms with E-state index in [1.165, 1.54) is 19.1 Å². The lowest BCUT2D eigenvalue weighted by molar-refractivity contribution is -0.230. The van der Waals surface area contributed by atoms with E-state index in [2.05, 4.69) is 12.6 Å². The average Bonchev–Trinajstić information content (AvgIpc) is 2.97. The predicted molar refractivity (Wildman–Crippen MR) is 124 cm³/mol. The minimum atomic E-state index is -2.29. The van der Waals surface area contributed by atoms with Crippen LogP contribution < -0.4 is 0 Å². The fourth-order valence-corrected chi connectivity index (χ4v) is 8.66. The molecule has 35 heavy (non-hydrogen) atoms. The molecule has 0 bridgehead atoms. The van der Waals surface area contributed by atoms with E-state index in [4.69, 9.17) is 4.74 Å². The molecule has 6 nitrogen and oxygen atoms in total. The molecule has 4 saturated carbocycles. The van der Waals surface area contributed by atoms with E-state index in [9.17, 15) is 24.3 Å². The van der Waals surface area contributed by atoms with Crippen LogP contribution in [0.2, 0.25) is 0 Å². The molecule has 5 rings (SSSR count). The van der Waals surface area contributed by atoms with E-state index >= 15 is 8.78 Å². The maximum atomic E-state index is 17.2. The second-order valence-electron chi connectivity index (χ2n) is 11.6. The Morgan fingerprint density at radius 3 is 2.43 bits per heavy atom. The van der Waals surface area contributed by atoms with Crippen molar-refractivity contribution in [2.75, 3.05) is 0 Å². The molecule has 0 spiro atoms. The van der Waals surface area contributed by atoms with E-state index in [0.29, 0.717) is 0 Å². The number of rotatable bonds is 3. The summed E-state index contributed by atoms with van der Waals surface area (Å²) in [5.41, 5.74) is -6.76. The zero-order chi connectivity index (χ0) is 25.7. The van der Waals surface area contributed by atoms with Crippen molar-refractivity contribution in [2.45, 2.75) is 76.4 Å². The molecular formula is C26H30F2O6S. The van der Waals surface area contributed by atoms with Gasteiger partial charge in [-0.05, 0) is 49.8 Å². The molecule has 1 N–H and O–H groups in total. The lowest BCUT2D eigenvalue weighted by atomic mass is 9.44. The maximum absolute atomic E-state index is 17.2. The minimum absolute atomic E-state index is 0.0232. The van der Waals surface area contributed by atoms with Gasteiger partial charge in [0.05, 0.1) is 12.0 Å². The highest BCUT2D eigenvalue weighted by Gasteiger charge is 2.78. The zero-order valence-electron chi connectivity index (χ0n) is 19.9. The molecule has 0 aromatic heterocycles. The van der Waals surface area contributed by atoms with Crippen LogP contribution in [-0.4, -0.2) is 51.3 Å². The maximum Gasteiger partial charge on any atom is 0.310 e. The number of ether oxygens (including phenoxy) is 1. The number of esters is 1. The fraction of sp³-hybridized carbons (Fsp3) is 0.692. The molecular weight excluding hydrogens is 478 g/mol. The first-order valence-electron chi connectivity index (χ1n) is 12.2. The van der Waals surface area contributed by atoms with Crippen molar-refractivity contribution in [3.05, 3.63) is 23.8 Å². The Bertz CT molecular complexity index is 1100. The molecule has 0 heterocycles. The van der Waals surface area contributed by atoms with E-state index < -0.39 is 74.9 Å². The summed E-state index contributed by atoms with van der Waals surface area (Å²) in [5, 5.41) is 10.7. The van der Waals surface area contributed by atoms with Crippen molar-refractivity contribution in [1.82, 2.24) is 0 Å². The molecule has 9 heteroatoms. The number of alkyl halides is 2. The van der Waals surface area contributed by atoms with Gasteiger partial charge in [0.15, 0.2) is 17.1 Å². The molecule has 0 aliphatic heterocycles. The Labute approximate surface area is 207 Å². The average molecular weight is 509 g/mol. The van der Waals surface area contributed by atoms with Gasteiger partial charge in [0.25, 0.3) is 0 Å². The van der Waals surface area contributed by atoms with Gasteiger partial charge in [-0.25, -0.2) is 8.78 Å². The van der Waals surface area contributed by atoms with Crippen LogP contribution in [0.25, 0.3) is 0 Å². The van der Waals surface area contributed by atoms with Crippen molar-refractivity contribution in [2.24, 2.45) is 34.5 Å². The third kappa shape index (κ3) is 2.91. The van der Waals surface area contributed by atoms with Crippen LogP contribution in [0.1, 0.15) is 52.9 Å². The van der Waals surface area contributed by atoms with Crippen LogP contribution in [0.3, 0.4) is 0 Å². The zero-order valence-corrected chi connectivity index (χ0v) is 20.8. The lowest BCUT2D eigenvalue weighted by Crippen LogP contribution is -2.70. The Hall–Kier alpha value is -1.87. The summed E-state index contributed by atoms with van der Waals surface area (Å²) < 4.78 is 38.7. The number of fused-ring (bicyclic) bond motifs is 5. The van der Waals surface area contributed by atoms with E-state index in [0.717, 1.165) is 6.08 Å². The van der Waals surface area contributed by atoms with Gasteiger partial charge >= 0.3 is 5.97 Å². The summed E-state index contributed by atoms with van der Waals surface area (Å²) in [7, 11) is 0. The molecule has 190 valence electrons. The van der Waals surface area contributed by atoms with Crippen molar-refractivity contribution in [3.63, 3.8) is 0 Å². The number of allylic oxidation sites excluding steroid dienone is 4. The number of hydrogen-bond donors (Lipinski definition) is 2. The number of hydrogen-bond acceptors (Lipinski definition) is 6. The highest BCUT2D eigenvalue weighted by Crippen LogP contribution is 2.71. The second kappa shape index (κ2) is 7.57. The lowest BCUT2D eigenvalue weighted by Gasteiger charge is -2.63. The van der Waals surface area contributed by atoms with Gasteiger partial charge in [-0.1, -0.05) is 19.9 Å². The molecule has 5 aliphatic rings. The molecule has 4 fully saturated rings. The van der Waals surface area contributed by atoms with Crippen molar-refractivity contribution < 1.29 is 37.8 Å². The van der Waals surface area contributed by atoms with Crippen LogP contribution in [0.5, 0.6) is 0 Å². The van der Waals surface area contributed by atoms with E-state index in [1.807, 2.05) is 0 Å². The molecule has 9 atom stereocenters. The number of aliphatic hydroxyl groups is 1. The van der Waals surface area contributed by atoms with Crippen LogP contribution in [0, 0.1) is 34.5 Å². The first-order chi connectivity index (χ1) is 16.2. The van der Waals surface area contributed by atoms with Gasteiger partial charge in [-0.15, -0.1) is 12.6 Å². The van der Waals surface area contributed by atoms with Crippen molar-refractivity contribution >= 4 is 35.3 Å². The number of aliphatic hydroxyl groups excluding tert-OH is 1. The molecule has 0 aromatic carbocycles. The van der Waals surface area contributed by atoms with Gasteiger partial charge in [-0.2, -0.15) is 0 Å². The van der Waals surface area contributed by atoms with Crippen molar-refractivity contribution in [1.29, 1.82) is 0 Å². The normalized spacial score (nSPS) is 48.9. The van der Waals surface area contributed by atoms with Crippen LogP contribution in [-0.2, 0) is 23.9 Å². The summed E-state index contributed by atoms with van der Waals surface area (Å²) in [6, 6.07) is 0. The summed E-state index contributed by atoms with van der Waals surface area (Å²) in [4.78, 5) is 49.4. The monoisotopic (exact) mass is 508 g/mol. The third-order valence-electron chi connectivity index (χ3n) is 10.0. The van der Waals surface area contributed by atoms with Gasteiger partial charge in [-0.3, -0.25) is 19.2 Å². The fourth-order valence-electron chi connectivity index (χ4n) is 8.14. The van der Waals surface area contributed by atoms with E-state index in [1.54, 1.807) is 13.8 Å². The molecule has 0 amide bonds. The van der Waals surface area contributed by atoms with Crippen LogP contribution in [0.15, 0.2) is 23.8 Å². The Morgan fingerprint density at radius 2 is 1.83 bits per heavy atom. The van der Waals surface area contributed by atoms with Crippen LogP contribution in [0.4, 0.5) is 8.78 Å². The highest BCUT2D eigenvalue weighted by molar-refractivity contribution is 7.96. The van der Waals surface area contributed by atoms with Gasteiger partial charge in [0.2, 0.25) is 5.12 Å². The second-order valence-corrected chi connectivity index (χ2v) is 12.0. The number of carbonyl (C=O) groups is 4. The molecule has 0 radical (unpaired) electrons. The topological polar surface area (TPSA) is 97.7 Å². The van der Waals surface area contributed by atoms with Crippen molar-refractivity contribution in [3.8, 4) is 0 Å². The number of carbonyl (C=O) groups excluding carboxylic acids is 4. The summed E-state index contributed by atoms with van der Waals surface area (Å²) in [6.07, 6.45) is 0.378. The molecule has 5 aliphatic carbocycles. The van der Waals surface area contributed by atoms with E-state index in [-0.39, 0.29) is 43.5 Å². The Morgan fingerprint density at radius 1 is 1.17 bits per heavy atom. The quantitative estimate of drug-likeness (QED) is 0.449. The smallest absolute Gasteiger partial charge is 0.310 e. The molecule has 5 unspecified atom stereocenters. The summed E-state index contributed by atoms with van der Waals surface area (Å²) in [5.74, 6) is -3.96. The standard InChI is InChI=1S/C26H30F2O6S/c1-12-6-16-17-10-19(27)18-9-14(29)4-5-23(18,2)25(17,28)20(31)11-24(16,3)26(12,22(33)35)34-21(32)13-7-15(30)8-13/h4-5,9,12-13,16-17,19-20,31H,6-8,10-11H2,1-3H3,(H,33,35)/t12?,16-,17-,19?,20?,23-,24-,25?,26?/m0/s1. The highest BCUT2D eigenvalue weighted by atomic mass is 32.1. The summed E-state index contributed by atoms with van der Waals surface area (Å²) in [6.45, 7) is 4.93. The summed E-state index contributed by atoms with van der Waals surface area (Å²) >= 11 is 4.11. The first kappa shape index (κ1) is 24.8. The SMILES string of the molecule is CC1C[C@H]2[C@@H]3CC(F)C4=CC(=O)C=C[C@]4(C)C3(F)C(O)C[C@]2(C)C1(OC(=O)C1CC(=O)C1)C(=O)S. The predicted octanol–water partition coefficient (Wildman–Crippen LogP) is 3.27. The number of thiol groups is 1. The minimum Gasteiger partial charge on any atom is -0.449 e. The number of Topliss-reactive ketones (excluding diaryl/α,β-unsaturated/α-hetero) is 1. The number of ketones is 2. The van der Waals surface area contributed by atoms with Gasteiger partial charge in [0, 0.05) is 35.5 Å². The van der Waals surface area contributed by atoms with Gasteiger partial charge < -0.3 is 9.84 Å².